The van der Waals surface area contributed by atoms with Crippen molar-refractivity contribution >= 4 is 29.3 Å². The minimum absolute atomic E-state index is 0.174. The van der Waals surface area contributed by atoms with Gasteiger partial charge in [0, 0.05) is 6.20 Å². The van der Waals surface area contributed by atoms with Crippen LogP contribution in [-0.4, -0.2) is 63.3 Å². The van der Waals surface area contributed by atoms with Crippen molar-refractivity contribution in [1.82, 2.24) is 9.55 Å². The zero-order valence-electron chi connectivity index (χ0n) is 15.8. The Bertz CT molecular complexity index is 1110. The van der Waals surface area contributed by atoms with Gasteiger partial charge in [0.05, 0.1) is 6.10 Å². The molecule has 1 saturated heterocycles. The van der Waals surface area contributed by atoms with Crippen LogP contribution in [0.15, 0.2) is 17.1 Å². The number of phosphoric ester groups is 1. The molecule has 1 aliphatic rings. The monoisotopic (exact) mass is 521 g/mol. The van der Waals surface area contributed by atoms with E-state index in [-0.39, 0.29) is 5.82 Å². The molecule has 32 heavy (non-hydrogen) atoms. The quantitative estimate of drug-likeness (QED) is 0.146. The Labute approximate surface area is 178 Å². The number of nitrogen functional groups attached to an aromatic ring is 1. The highest BCUT2D eigenvalue weighted by atomic mass is 31.3. The topological polar surface area (TPSA) is 270 Å². The number of terminal acetylenes is 1. The van der Waals surface area contributed by atoms with Crippen LogP contribution in [0.2, 0.25) is 0 Å². The summed E-state index contributed by atoms with van der Waals surface area (Å²) in [6, 6.07) is 1.15. The average molecular weight is 521 g/mol. The summed E-state index contributed by atoms with van der Waals surface area (Å²) in [5.74, 6) is 1.67. The molecule has 0 aliphatic carbocycles. The number of hydrogen-bond acceptors (Lipinski definition) is 12. The molecule has 0 amide bonds. The van der Waals surface area contributed by atoms with Crippen LogP contribution in [-0.2, 0) is 31.6 Å². The Balaban J connectivity index is 2.27. The largest absolute Gasteiger partial charge is 0.490 e. The Morgan fingerprint density at radius 2 is 1.88 bits per heavy atom. The standard InChI is InChI=1S/C12H18N3O14P3/c1-3-12(18)9(16)8(26-10(12)15-5-4-7(13)14-11(15)17)6(2)27-31(22,23)29-32(24,25)28-30(19,20)21/h1,4-6,8-10,16,18H,2H3,(H,22,23)(H,24,25)(H2,13,14,17)(H2,19,20,21)/t6-,8+,9-,10+,12?/m0/s1. The number of hydrogen-bond donors (Lipinski definition) is 7. The molecule has 0 bridgehead atoms. The third-order valence-electron chi connectivity index (χ3n) is 3.94. The molecule has 20 heteroatoms. The van der Waals surface area contributed by atoms with Gasteiger partial charge in [0.25, 0.3) is 0 Å². The summed E-state index contributed by atoms with van der Waals surface area (Å²) in [7, 11) is -17.0. The summed E-state index contributed by atoms with van der Waals surface area (Å²) >= 11 is 0. The molecule has 0 aromatic carbocycles. The number of phosphoric acid groups is 3. The molecular formula is C12H18N3O14P3. The predicted octanol–water partition coefficient (Wildman–Crippen LogP) is -1.82. The second-order valence-electron chi connectivity index (χ2n) is 6.31. The van der Waals surface area contributed by atoms with Crippen LogP contribution < -0.4 is 11.4 Å². The van der Waals surface area contributed by atoms with Gasteiger partial charge in [-0.05, 0) is 13.0 Å². The van der Waals surface area contributed by atoms with Crippen LogP contribution >= 0.6 is 23.5 Å². The lowest BCUT2D eigenvalue weighted by Gasteiger charge is -2.27. The molecule has 7 atom stereocenters. The third-order valence-corrected chi connectivity index (χ3v) is 7.86. The Morgan fingerprint density at radius 3 is 2.38 bits per heavy atom. The van der Waals surface area contributed by atoms with Gasteiger partial charge in [-0.15, -0.1) is 6.42 Å². The molecule has 180 valence electrons. The molecule has 8 N–H and O–H groups in total. The molecule has 2 rings (SSSR count). The first-order chi connectivity index (χ1) is 14.4. The molecule has 17 nitrogen and oxygen atoms in total. The summed E-state index contributed by atoms with van der Waals surface area (Å²) < 4.78 is 51.8. The van der Waals surface area contributed by atoms with E-state index < -0.39 is 59.3 Å². The van der Waals surface area contributed by atoms with E-state index in [0.717, 1.165) is 19.2 Å². The number of nitrogens with zero attached hydrogens (tertiary/aromatic N) is 2. The van der Waals surface area contributed by atoms with Gasteiger partial charge in [-0.25, -0.2) is 18.5 Å². The van der Waals surface area contributed by atoms with Gasteiger partial charge in [0.1, 0.15) is 18.0 Å². The van der Waals surface area contributed by atoms with Crippen molar-refractivity contribution < 1.29 is 61.4 Å². The van der Waals surface area contributed by atoms with E-state index in [4.69, 9.17) is 26.7 Å². The molecule has 0 spiro atoms. The predicted molar refractivity (Wildman–Crippen MR) is 101 cm³/mol. The van der Waals surface area contributed by atoms with Crippen molar-refractivity contribution in [2.45, 2.75) is 37.1 Å². The van der Waals surface area contributed by atoms with E-state index in [9.17, 15) is 38.5 Å². The van der Waals surface area contributed by atoms with E-state index in [0.29, 0.717) is 4.57 Å². The normalized spacial score (nSPS) is 30.8. The van der Waals surface area contributed by atoms with Gasteiger partial charge < -0.3 is 40.3 Å². The molecule has 1 aromatic rings. The summed E-state index contributed by atoms with van der Waals surface area (Å²) in [4.78, 5) is 51.4. The fourth-order valence-electron chi connectivity index (χ4n) is 2.70. The van der Waals surface area contributed by atoms with Gasteiger partial charge in [-0.1, -0.05) is 5.92 Å². The van der Waals surface area contributed by atoms with E-state index in [1.54, 1.807) is 0 Å². The zero-order valence-corrected chi connectivity index (χ0v) is 18.5. The van der Waals surface area contributed by atoms with Crippen LogP contribution in [0, 0.1) is 12.3 Å². The van der Waals surface area contributed by atoms with Crippen molar-refractivity contribution in [1.29, 1.82) is 0 Å². The number of ether oxygens (including phenoxy) is 1. The van der Waals surface area contributed by atoms with E-state index in [2.05, 4.69) is 18.1 Å². The number of nitrogens with two attached hydrogens (primary N) is 1. The summed E-state index contributed by atoms with van der Waals surface area (Å²) in [6.07, 6.45) is -0.999. The molecule has 0 radical (unpaired) electrons. The van der Waals surface area contributed by atoms with Gasteiger partial charge in [0.2, 0.25) is 0 Å². The van der Waals surface area contributed by atoms with Gasteiger partial charge in [0.15, 0.2) is 11.8 Å². The van der Waals surface area contributed by atoms with Gasteiger partial charge >= 0.3 is 29.2 Å². The summed E-state index contributed by atoms with van der Waals surface area (Å²) in [6.45, 7) is 0.982. The molecule has 0 saturated carbocycles. The maximum Gasteiger partial charge on any atom is 0.490 e. The first-order valence-electron chi connectivity index (χ1n) is 8.11. The number of aliphatic hydroxyl groups is 2. The molecule has 3 unspecified atom stereocenters. The van der Waals surface area contributed by atoms with E-state index in [1.807, 2.05) is 5.92 Å². The van der Waals surface area contributed by atoms with Crippen molar-refractivity contribution in [3.63, 3.8) is 0 Å². The van der Waals surface area contributed by atoms with Crippen molar-refractivity contribution in [2.75, 3.05) is 5.73 Å². The molecule has 1 aliphatic heterocycles. The summed E-state index contributed by atoms with van der Waals surface area (Å²) in [5.41, 5.74) is 1.76. The molecule has 2 heterocycles. The first-order valence-corrected chi connectivity index (χ1v) is 12.6. The van der Waals surface area contributed by atoms with Crippen LogP contribution in [0.4, 0.5) is 5.82 Å². The number of aromatic nitrogens is 2. The molecule has 1 fully saturated rings. The Kier molecular flexibility index (Phi) is 7.58. The highest BCUT2D eigenvalue weighted by Crippen LogP contribution is 2.66. The number of aliphatic hydroxyl groups excluding tert-OH is 1. The zero-order chi connectivity index (χ0) is 24.7. The van der Waals surface area contributed by atoms with Gasteiger partial charge in [-0.2, -0.15) is 13.6 Å². The smallest absolute Gasteiger partial charge is 0.386 e. The minimum atomic E-state index is -5.79. The van der Waals surface area contributed by atoms with E-state index in [1.165, 1.54) is 0 Å². The highest BCUT2D eigenvalue weighted by Gasteiger charge is 2.58. The van der Waals surface area contributed by atoms with Crippen molar-refractivity contribution in [3.05, 3.63) is 22.7 Å². The Morgan fingerprint density at radius 1 is 1.28 bits per heavy atom. The lowest BCUT2D eigenvalue weighted by molar-refractivity contribution is -0.0868. The fourth-order valence-corrected chi connectivity index (χ4v) is 5.90. The van der Waals surface area contributed by atoms with Crippen LogP contribution in [0.1, 0.15) is 13.2 Å². The van der Waals surface area contributed by atoms with Gasteiger partial charge in [-0.3, -0.25) is 9.09 Å². The SMILES string of the molecule is C#CC1(O)[C@@H](O)[C@@H]([C@H](C)OP(=O)(O)OP(=O)(O)OP(=O)(O)O)O[C@H]1n1ccc(N)nc1=O. The van der Waals surface area contributed by atoms with Crippen molar-refractivity contribution in [3.8, 4) is 12.3 Å². The van der Waals surface area contributed by atoms with Crippen LogP contribution in [0.5, 0.6) is 0 Å². The maximum atomic E-state index is 12.1. The number of rotatable bonds is 8. The fraction of sp³-hybridized carbons (Fsp3) is 0.500. The lowest BCUT2D eigenvalue weighted by Crippen LogP contribution is -2.48. The second kappa shape index (κ2) is 9.05. The second-order valence-corrected chi connectivity index (χ2v) is 10.7. The number of anilines is 1. The van der Waals surface area contributed by atoms with Crippen molar-refractivity contribution in [2.24, 2.45) is 0 Å². The van der Waals surface area contributed by atoms with Crippen LogP contribution in [0.25, 0.3) is 0 Å². The molecule has 1 aromatic heterocycles. The lowest BCUT2D eigenvalue weighted by atomic mass is 9.93. The third kappa shape index (κ3) is 6.10. The average Bonchev–Trinajstić information content (AvgIpc) is 2.84. The maximum absolute atomic E-state index is 12.1. The first kappa shape index (κ1) is 26.8. The van der Waals surface area contributed by atoms with E-state index >= 15 is 0 Å². The highest BCUT2D eigenvalue weighted by molar-refractivity contribution is 7.66. The minimum Gasteiger partial charge on any atom is -0.386 e. The van der Waals surface area contributed by atoms with Crippen LogP contribution in [0.3, 0.4) is 0 Å². The summed E-state index contributed by atoms with van der Waals surface area (Å²) in [5, 5.41) is 21.1. The molecular weight excluding hydrogens is 503 g/mol. The Hall–Kier alpha value is -1.47.